The molecule has 0 aromatic rings. The molecule has 3 nitrogen and oxygen atoms in total. The first-order valence-corrected chi connectivity index (χ1v) is 5.77. The number of thioether (sulfide) groups is 1. The summed E-state index contributed by atoms with van der Waals surface area (Å²) in [5, 5.41) is 8.90. The average Bonchev–Trinajstić information content (AvgIpc) is 2.67. The quantitative estimate of drug-likeness (QED) is 0.729. The molecular formula is C9H17NO2S. The minimum absolute atomic E-state index is 0.0438. The van der Waals surface area contributed by atoms with Crippen molar-refractivity contribution < 1.29 is 9.90 Å². The fraction of sp³-hybridized carbons (Fsp3) is 0.889. The van der Waals surface area contributed by atoms with Crippen LogP contribution in [0.3, 0.4) is 0 Å². The van der Waals surface area contributed by atoms with E-state index in [2.05, 4.69) is 0 Å². The van der Waals surface area contributed by atoms with E-state index in [1.807, 2.05) is 18.7 Å². The molecule has 1 aliphatic heterocycles. The van der Waals surface area contributed by atoms with Crippen LogP contribution >= 0.6 is 11.8 Å². The van der Waals surface area contributed by atoms with Gasteiger partial charge < -0.3 is 10.0 Å². The summed E-state index contributed by atoms with van der Waals surface area (Å²) in [5.74, 6) is 2.41. The van der Waals surface area contributed by atoms with E-state index in [-0.39, 0.29) is 24.5 Å². The first kappa shape index (κ1) is 10.9. The molecule has 0 aliphatic carbocycles. The largest absolute Gasteiger partial charge is 0.394 e. The van der Waals surface area contributed by atoms with E-state index in [1.165, 1.54) is 0 Å². The molecule has 2 atom stereocenters. The molecular weight excluding hydrogens is 186 g/mol. The van der Waals surface area contributed by atoms with Gasteiger partial charge in [0.15, 0.2) is 0 Å². The Labute approximate surface area is 83.5 Å². The fourth-order valence-electron chi connectivity index (χ4n) is 1.36. The maximum atomic E-state index is 11.7. The SMILES string of the molecule is CC(CO)N(C)C(=O)C1CCSC1. The number of rotatable bonds is 3. The number of nitrogens with zero attached hydrogens (tertiary/aromatic N) is 1. The molecule has 4 heteroatoms. The molecule has 0 radical (unpaired) electrons. The van der Waals surface area contributed by atoms with E-state index in [1.54, 1.807) is 11.9 Å². The van der Waals surface area contributed by atoms with E-state index < -0.39 is 0 Å². The minimum Gasteiger partial charge on any atom is -0.394 e. The van der Waals surface area contributed by atoms with Crippen molar-refractivity contribution in [3.05, 3.63) is 0 Å². The number of hydrogen-bond acceptors (Lipinski definition) is 3. The lowest BCUT2D eigenvalue weighted by Crippen LogP contribution is -2.41. The van der Waals surface area contributed by atoms with Crippen LogP contribution in [0.25, 0.3) is 0 Å². The van der Waals surface area contributed by atoms with Gasteiger partial charge in [-0.3, -0.25) is 4.79 Å². The smallest absolute Gasteiger partial charge is 0.226 e. The van der Waals surface area contributed by atoms with Gasteiger partial charge in [-0.2, -0.15) is 11.8 Å². The molecule has 76 valence electrons. The zero-order valence-corrected chi connectivity index (χ0v) is 9.01. The van der Waals surface area contributed by atoms with E-state index in [0.717, 1.165) is 17.9 Å². The number of aliphatic hydroxyl groups excluding tert-OH is 1. The van der Waals surface area contributed by atoms with Gasteiger partial charge in [-0.15, -0.1) is 0 Å². The summed E-state index contributed by atoms with van der Waals surface area (Å²) in [4.78, 5) is 13.4. The van der Waals surface area contributed by atoms with Crippen LogP contribution in [0, 0.1) is 5.92 Å². The van der Waals surface area contributed by atoms with Gasteiger partial charge in [0.05, 0.1) is 12.6 Å². The zero-order chi connectivity index (χ0) is 9.84. The zero-order valence-electron chi connectivity index (χ0n) is 8.19. The Morgan fingerprint density at radius 1 is 1.77 bits per heavy atom. The van der Waals surface area contributed by atoms with Crippen molar-refractivity contribution in [1.29, 1.82) is 0 Å². The lowest BCUT2D eigenvalue weighted by Gasteiger charge is -2.25. The van der Waals surface area contributed by atoms with E-state index in [4.69, 9.17) is 5.11 Å². The van der Waals surface area contributed by atoms with Crippen LogP contribution in [0.1, 0.15) is 13.3 Å². The summed E-state index contributed by atoms with van der Waals surface area (Å²) in [6.45, 7) is 1.90. The van der Waals surface area contributed by atoms with Gasteiger partial charge in [-0.1, -0.05) is 0 Å². The van der Waals surface area contributed by atoms with Crippen molar-refractivity contribution in [2.24, 2.45) is 5.92 Å². The lowest BCUT2D eigenvalue weighted by atomic mass is 10.1. The van der Waals surface area contributed by atoms with Crippen molar-refractivity contribution in [3.8, 4) is 0 Å². The van der Waals surface area contributed by atoms with Crippen molar-refractivity contribution in [2.75, 3.05) is 25.2 Å². The van der Waals surface area contributed by atoms with Crippen molar-refractivity contribution in [2.45, 2.75) is 19.4 Å². The van der Waals surface area contributed by atoms with Crippen LogP contribution in [0.2, 0.25) is 0 Å². The first-order valence-electron chi connectivity index (χ1n) is 4.62. The molecule has 1 aliphatic rings. The molecule has 0 saturated carbocycles. The topological polar surface area (TPSA) is 40.5 Å². The summed E-state index contributed by atoms with van der Waals surface area (Å²) >= 11 is 1.84. The van der Waals surface area contributed by atoms with Gasteiger partial charge in [0.25, 0.3) is 0 Å². The number of likely N-dealkylation sites (N-methyl/N-ethyl adjacent to an activating group) is 1. The highest BCUT2D eigenvalue weighted by Gasteiger charge is 2.27. The summed E-state index contributed by atoms with van der Waals surface area (Å²) in [5.41, 5.74) is 0. The van der Waals surface area contributed by atoms with Gasteiger partial charge >= 0.3 is 0 Å². The molecule has 1 rings (SSSR count). The minimum atomic E-state index is -0.0573. The molecule has 2 unspecified atom stereocenters. The highest BCUT2D eigenvalue weighted by Crippen LogP contribution is 2.25. The second-order valence-corrected chi connectivity index (χ2v) is 4.69. The van der Waals surface area contributed by atoms with Crippen LogP contribution in [-0.4, -0.2) is 47.1 Å². The Balaban J connectivity index is 2.45. The van der Waals surface area contributed by atoms with Crippen LogP contribution in [0.15, 0.2) is 0 Å². The maximum Gasteiger partial charge on any atom is 0.226 e. The monoisotopic (exact) mass is 203 g/mol. The number of carbonyl (C=O) groups is 1. The Hall–Kier alpha value is -0.220. The third-order valence-corrected chi connectivity index (χ3v) is 3.71. The molecule has 1 N–H and O–H groups in total. The summed E-state index contributed by atoms with van der Waals surface area (Å²) < 4.78 is 0. The van der Waals surface area contributed by atoms with Gasteiger partial charge in [-0.25, -0.2) is 0 Å². The molecule has 1 fully saturated rings. The van der Waals surface area contributed by atoms with Crippen LogP contribution < -0.4 is 0 Å². The number of hydrogen-bond donors (Lipinski definition) is 1. The van der Waals surface area contributed by atoms with Crippen LogP contribution in [0.4, 0.5) is 0 Å². The summed E-state index contributed by atoms with van der Waals surface area (Å²) in [7, 11) is 1.77. The van der Waals surface area contributed by atoms with Gasteiger partial charge in [0, 0.05) is 18.7 Å². The fourth-order valence-corrected chi connectivity index (χ4v) is 2.57. The highest BCUT2D eigenvalue weighted by atomic mass is 32.2. The van der Waals surface area contributed by atoms with E-state index >= 15 is 0 Å². The standard InChI is InChI=1S/C9H17NO2S/c1-7(5-11)10(2)9(12)8-3-4-13-6-8/h7-8,11H,3-6H2,1-2H3. The normalized spacial score (nSPS) is 24.4. The maximum absolute atomic E-state index is 11.7. The predicted octanol–water partition coefficient (Wildman–Crippen LogP) is 0.579. The highest BCUT2D eigenvalue weighted by molar-refractivity contribution is 7.99. The molecule has 0 spiro atoms. The van der Waals surface area contributed by atoms with E-state index in [0.29, 0.717) is 0 Å². The van der Waals surface area contributed by atoms with Crippen molar-refractivity contribution in [3.63, 3.8) is 0 Å². The second-order valence-electron chi connectivity index (χ2n) is 3.54. The number of amides is 1. The van der Waals surface area contributed by atoms with Gasteiger partial charge in [-0.05, 0) is 19.1 Å². The van der Waals surface area contributed by atoms with Crippen molar-refractivity contribution >= 4 is 17.7 Å². The number of carbonyl (C=O) groups excluding carboxylic acids is 1. The van der Waals surface area contributed by atoms with E-state index in [9.17, 15) is 4.79 Å². The van der Waals surface area contributed by atoms with Crippen molar-refractivity contribution in [1.82, 2.24) is 4.90 Å². The summed E-state index contributed by atoms with van der Waals surface area (Å²) in [6.07, 6.45) is 0.992. The Kier molecular flexibility index (Phi) is 4.06. The summed E-state index contributed by atoms with van der Waals surface area (Å²) in [6, 6.07) is -0.0573. The Bertz CT molecular complexity index is 180. The molecule has 1 amide bonds. The van der Waals surface area contributed by atoms with Crippen LogP contribution in [0.5, 0.6) is 0 Å². The number of aliphatic hydroxyl groups is 1. The predicted molar refractivity (Wildman–Crippen MR) is 54.7 cm³/mol. The molecule has 0 aromatic carbocycles. The second kappa shape index (κ2) is 4.86. The average molecular weight is 203 g/mol. The third-order valence-electron chi connectivity index (χ3n) is 2.55. The molecule has 1 saturated heterocycles. The van der Waals surface area contributed by atoms with Gasteiger partial charge in [0.1, 0.15) is 0 Å². The third kappa shape index (κ3) is 2.61. The molecule has 0 bridgehead atoms. The Morgan fingerprint density at radius 3 is 2.92 bits per heavy atom. The molecule has 0 aromatic heterocycles. The Morgan fingerprint density at radius 2 is 2.46 bits per heavy atom. The lowest BCUT2D eigenvalue weighted by molar-refractivity contribution is -0.135. The van der Waals surface area contributed by atoms with Crippen LogP contribution in [-0.2, 0) is 4.79 Å². The van der Waals surface area contributed by atoms with Gasteiger partial charge in [0.2, 0.25) is 5.91 Å². The molecule has 1 heterocycles. The first-order chi connectivity index (χ1) is 6.16. The molecule has 13 heavy (non-hydrogen) atoms.